The van der Waals surface area contributed by atoms with E-state index in [2.05, 4.69) is 48.3 Å². The average Bonchev–Trinajstić information content (AvgIpc) is 3.69. The molecule has 0 saturated heterocycles. The monoisotopic (exact) mass is 576 g/mol. The van der Waals surface area contributed by atoms with E-state index >= 15 is 0 Å². The van der Waals surface area contributed by atoms with Crippen molar-refractivity contribution in [3.05, 3.63) is 95.1 Å². The van der Waals surface area contributed by atoms with Gasteiger partial charge in [-0.05, 0) is 86.4 Å². The number of amides is 1. The number of aryl methyl sites for hydroxylation is 1. The lowest BCUT2D eigenvalue weighted by atomic mass is 9.92. The number of sulfone groups is 1. The summed E-state index contributed by atoms with van der Waals surface area (Å²) in [5, 5.41) is 12.2. The van der Waals surface area contributed by atoms with Crippen LogP contribution in [0.1, 0.15) is 60.2 Å². The zero-order valence-electron chi connectivity index (χ0n) is 24.3. The van der Waals surface area contributed by atoms with Gasteiger partial charge in [-0.3, -0.25) is 9.69 Å². The molecule has 0 aliphatic heterocycles. The molecule has 1 aliphatic carbocycles. The number of aliphatic carboxylic acids is 1. The van der Waals surface area contributed by atoms with Gasteiger partial charge in [-0.1, -0.05) is 60.7 Å². The fraction of sp³-hybridized carbons (Fsp3) is 0.394. The third-order valence-corrected chi connectivity index (χ3v) is 8.91. The average molecular weight is 577 g/mol. The summed E-state index contributed by atoms with van der Waals surface area (Å²) in [7, 11) is -3.38. The maximum Gasteiger partial charge on any atom is 0.326 e. The number of carbonyl (C=O) groups excluding carboxylic acids is 1. The van der Waals surface area contributed by atoms with Crippen LogP contribution in [-0.4, -0.2) is 59.9 Å². The van der Waals surface area contributed by atoms with Gasteiger partial charge in [0.1, 0.15) is 15.9 Å². The van der Waals surface area contributed by atoms with Crippen LogP contribution in [0.4, 0.5) is 0 Å². The second-order valence-electron chi connectivity index (χ2n) is 11.6. The van der Waals surface area contributed by atoms with Crippen molar-refractivity contribution in [1.29, 1.82) is 0 Å². The fourth-order valence-corrected chi connectivity index (χ4v) is 6.26. The first-order valence-corrected chi connectivity index (χ1v) is 16.2. The van der Waals surface area contributed by atoms with Gasteiger partial charge in [-0.15, -0.1) is 0 Å². The standard InChI is InChI=1S/C33H40N2O5S/c1-23(2)35(33(17-18-33)21-25-11-6-5-7-12-25)22-26-14-15-28(29(20-26)27-13-9-8-10-24(27)3)31(36)34-30(32(37)38)16-19-41(4,39)40/h5-15,20,23,30H,16-19,21-22H2,1-4H3,(H,34,36)(H,37,38)/t30-/m0/s1. The summed E-state index contributed by atoms with van der Waals surface area (Å²) in [6.45, 7) is 7.14. The van der Waals surface area contributed by atoms with Gasteiger partial charge in [-0.2, -0.15) is 0 Å². The number of carbonyl (C=O) groups is 2. The van der Waals surface area contributed by atoms with Crippen molar-refractivity contribution in [2.75, 3.05) is 12.0 Å². The van der Waals surface area contributed by atoms with E-state index in [1.807, 2.05) is 49.4 Å². The predicted octanol–water partition coefficient (Wildman–Crippen LogP) is 5.27. The van der Waals surface area contributed by atoms with Crippen LogP contribution in [0.15, 0.2) is 72.8 Å². The summed E-state index contributed by atoms with van der Waals surface area (Å²) in [6, 6.07) is 23.1. The van der Waals surface area contributed by atoms with Crippen LogP contribution in [-0.2, 0) is 27.6 Å². The molecule has 218 valence electrons. The zero-order chi connectivity index (χ0) is 29.8. The molecule has 0 heterocycles. The van der Waals surface area contributed by atoms with Gasteiger partial charge in [0.15, 0.2) is 0 Å². The minimum Gasteiger partial charge on any atom is -0.480 e. The number of carboxylic acids is 1. The van der Waals surface area contributed by atoms with E-state index in [9.17, 15) is 23.1 Å². The van der Waals surface area contributed by atoms with Crippen LogP contribution in [0.25, 0.3) is 11.1 Å². The van der Waals surface area contributed by atoms with Crippen LogP contribution < -0.4 is 5.32 Å². The molecular formula is C33H40N2O5S. The molecule has 4 rings (SSSR count). The van der Waals surface area contributed by atoms with Crippen LogP contribution in [0.3, 0.4) is 0 Å². The molecule has 1 amide bonds. The van der Waals surface area contributed by atoms with Crippen molar-refractivity contribution in [2.24, 2.45) is 0 Å². The number of nitrogens with one attached hydrogen (secondary N) is 1. The minimum absolute atomic E-state index is 0.0999. The summed E-state index contributed by atoms with van der Waals surface area (Å²) in [4.78, 5) is 27.9. The molecule has 1 aliphatic rings. The van der Waals surface area contributed by atoms with E-state index in [1.54, 1.807) is 6.07 Å². The molecule has 0 bridgehead atoms. The minimum atomic E-state index is -3.38. The first-order chi connectivity index (χ1) is 19.4. The number of benzene rings is 3. The normalized spacial score (nSPS) is 15.1. The van der Waals surface area contributed by atoms with Gasteiger partial charge in [0.25, 0.3) is 5.91 Å². The van der Waals surface area contributed by atoms with Crippen LogP contribution in [0, 0.1) is 6.92 Å². The van der Waals surface area contributed by atoms with Gasteiger partial charge in [0.05, 0.1) is 5.75 Å². The van der Waals surface area contributed by atoms with Crippen LogP contribution in [0.2, 0.25) is 0 Å². The van der Waals surface area contributed by atoms with E-state index in [1.165, 1.54) is 5.56 Å². The number of carboxylic acid groups (broad SMARTS) is 1. The van der Waals surface area contributed by atoms with Gasteiger partial charge in [0.2, 0.25) is 0 Å². The van der Waals surface area contributed by atoms with Crippen molar-refractivity contribution in [2.45, 2.75) is 70.6 Å². The molecule has 1 atom stereocenters. The molecule has 0 spiro atoms. The summed E-state index contributed by atoms with van der Waals surface area (Å²) < 4.78 is 23.3. The molecule has 3 aromatic rings. The molecule has 3 aromatic carbocycles. The van der Waals surface area contributed by atoms with Crippen LogP contribution in [0.5, 0.6) is 0 Å². The quantitative estimate of drug-likeness (QED) is 0.288. The Morgan fingerprint density at radius 1 is 0.951 bits per heavy atom. The first-order valence-electron chi connectivity index (χ1n) is 14.1. The number of hydrogen-bond donors (Lipinski definition) is 2. The maximum absolute atomic E-state index is 13.5. The van der Waals surface area contributed by atoms with Crippen molar-refractivity contribution in [1.82, 2.24) is 10.2 Å². The highest BCUT2D eigenvalue weighted by Gasteiger charge is 2.48. The lowest BCUT2D eigenvalue weighted by Crippen LogP contribution is -2.43. The third kappa shape index (κ3) is 7.83. The highest BCUT2D eigenvalue weighted by Crippen LogP contribution is 2.46. The maximum atomic E-state index is 13.5. The Hall–Kier alpha value is -3.49. The number of hydrogen-bond acceptors (Lipinski definition) is 5. The Balaban J connectivity index is 1.65. The fourth-order valence-electron chi connectivity index (χ4n) is 5.59. The van der Waals surface area contributed by atoms with E-state index < -0.39 is 27.8 Å². The summed E-state index contributed by atoms with van der Waals surface area (Å²) in [5.41, 5.74) is 5.46. The lowest BCUT2D eigenvalue weighted by Gasteiger charge is -2.36. The Labute approximate surface area is 243 Å². The van der Waals surface area contributed by atoms with E-state index in [0.29, 0.717) is 11.6 Å². The molecule has 0 aromatic heterocycles. The molecule has 7 nitrogen and oxygen atoms in total. The molecule has 1 saturated carbocycles. The first kappa shape index (κ1) is 30.5. The highest BCUT2D eigenvalue weighted by atomic mass is 32.2. The van der Waals surface area contributed by atoms with Crippen molar-refractivity contribution in [3.8, 4) is 11.1 Å². The summed E-state index contributed by atoms with van der Waals surface area (Å²) in [5.74, 6) is -2.14. The predicted molar refractivity (Wildman–Crippen MR) is 163 cm³/mol. The number of nitrogens with zero attached hydrogens (tertiary/aromatic N) is 1. The Bertz CT molecular complexity index is 1500. The third-order valence-electron chi connectivity index (χ3n) is 7.93. The zero-order valence-corrected chi connectivity index (χ0v) is 25.1. The van der Waals surface area contributed by atoms with E-state index in [4.69, 9.17) is 0 Å². The van der Waals surface area contributed by atoms with Crippen molar-refractivity contribution in [3.63, 3.8) is 0 Å². The molecule has 0 unspecified atom stereocenters. The van der Waals surface area contributed by atoms with Crippen molar-refractivity contribution < 1.29 is 23.1 Å². The van der Waals surface area contributed by atoms with Gasteiger partial charge in [0, 0.05) is 29.9 Å². The second kappa shape index (κ2) is 12.6. The molecule has 2 N–H and O–H groups in total. The molecule has 8 heteroatoms. The molecule has 0 radical (unpaired) electrons. The van der Waals surface area contributed by atoms with Crippen LogP contribution >= 0.6 is 0 Å². The van der Waals surface area contributed by atoms with E-state index in [0.717, 1.165) is 54.3 Å². The Kier molecular flexibility index (Phi) is 9.34. The smallest absolute Gasteiger partial charge is 0.326 e. The summed E-state index contributed by atoms with van der Waals surface area (Å²) in [6.07, 6.45) is 4.10. The van der Waals surface area contributed by atoms with Gasteiger partial charge >= 0.3 is 5.97 Å². The lowest BCUT2D eigenvalue weighted by molar-refractivity contribution is -0.139. The van der Waals surface area contributed by atoms with E-state index in [-0.39, 0.29) is 17.7 Å². The second-order valence-corrected chi connectivity index (χ2v) is 13.8. The largest absolute Gasteiger partial charge is 0.480 e. The molecular weight excluding hydrogens is 536 g/mol. The number of rotatable bonds is 13. The van der Waals surface area contributed by atoms with Gasteiger partial charge in [-0.25, -0.2) is 13.2 Å². The van der Waals surface area contributed by atoms with Crippen molar-refractivity contribution >= 4 is 21.7 Å². The SMILES string of the molecule is Cc1ccccc1-c1cc(CN(C(C)C)C2(Cc3ccccc3)CC2)ccc1C(=O)N[C@@H](CCS(C)(=O)=O)C(=O)O. The summed E-state index contributed by atoms with van der Waals surface area (Å²) >= 11 is 0. The molecule has 1 fully saturated rings. The van der Waals surface area contributed by atoms with Gasteiger partial charge < -0.3 is 10.4 Å². The highest BCUT2D eigenvalue weighted by molar-refractivity contribution is 7.90. The molecule has 41 heavy (non-hydrogen) atoms. The topological polar surface area (TPSA) is 104 Å². The Morgan fingerprint density at radius 3 is 2.20 bits per heavy atom. The Morgan fingerprint density at radius 2 is 1.61 bits per heavy atom.